The van der Waals surface area contributed by atoms with E-state index in [4.69, 9.17) is 0 Å². The van der Waals surface area contributed by atoms with Crippen molar-refractivity contribution >= 4 is 11.6 Å². The summed E-state index contributed by atoms with van der Waals surface area (Å²) in [6.45, 7) is 3.58. The first-order valence-corrected chi connectivity index (χ1v) is 7.79. The molecule has 0 saturated carbocycles. The Hall–Kier alpha value is -2.29. The highest BCUT2D eigenvalue weighted by Gasteiger charge is 2.04. The van der Waals surface area contributed by atoms with Gasteiger partial charge >= 0.3 is 0 Å². The van der Waals surface area contributed by atoms with Crippen molar-refractivity contribution in [1.29, 1.82) is 0 Å². The molecule has 0 heterocycles. The molecule has 1 N–H and O–H groups in total. The minimum absolute atomic E-state index is 0.0747. The van der Waals surface area contributed by atoms with Gasteiger partial charge in [-0.3, -0.25) is 4.79 Å². The van der Waals surface area contributed by atoms with Crippen LogP contribution in [0.4, 0.5) is 5.69 Å². The monoisotopic (exact) mass is 296 g/mol. The number of carbonyl (C=O) groups excluding carboxylic acids is 1. The second kappa shape index (κ2) is 8.23. The number of nitrogens with zero attached hydrogens (tertiary/aromatic N) is 1. The maximum Gasteiger partial charge on any atom is 0.224 e. The maximum atomic E-state index is 12.0. The van der Waals surface area contributed by atoms with Crippen molar-refractivity contribution in [2.75, 3.05) is 25.0 Å². The van der Waals surface area contributed by atoms with E-state index in [1.54, 1.807) is 0 Å². The van der Waals surface area contributed by atoms with Gasteiger partial charge in [-0.2, -0.15) is 0 Å². The summed E-state index contributed by atoms with van der Waals surface area (Å²) in [5.41, 5.74) is 3.52. The average Bonchev–Trinajstić information content (AvgIpc) is 2.56. The fourth-order valence-electron chi connectivity index (χ4n) is 2.32. The van der Waals surface area contributed by atoms with E-state index in [2.05, 4.69) is 41.4 Å². The fourth-order valence-corrected chi connectivity index (χ4v) is 2.32. The Bertz CT molecular complexity index is 578. The fraction of sp³-hybridized carbons (Fsp3) is 0.316. The molecule has 0 aliphatic rings. The molecule has 2 aromatic carbocycles. The number of benzene rings is 2. The molecular weight excluding hydrogens is 272 g/mol. The molecule has 3 nitrogen and oxygen atoms in total. The van der Waals surface area contributed by atoms with E-state index in [1.807, 2.05) is 37.4 Å². The first-order chi connectivity index (χ1) is 10.7. The standard InChI is InChI=1S/C19H24N2O/c1-3-16-9-11-17(12-10-16)15-19(22)20-13-14-21(2)18-7-5-4-6-8-18/h4-12H,3,13-15H2,1-2H3,(H,20,22). The number of anilines is 1. The molecule has 0 saturated heterocycles. The van der Waals surface area contributed by atoms with Gasteiger partial charge in [-0.25, -0.2) is 0 Å². The molecule has 0 spiro atoms. The zero-order chi connectivity index (χ0) is 15.8. The Morgan fingerprint density at radius 3 is 2.27 bits per heavy atom. The summed E-state index contributed by atoms with van der Waals surface area (Å²) in [4.78, 5) is 14.1. The lowest BCUT2D eigenvalue weighted by Crippen LogP contribution is -2.33. The zero-order valence-electron chi connectivity index (χ0n) is 13.4. The van der Waals surface area contributed by atoms with Crippen molar-refractivity contribution in [3.63, 3.8) is 0 Å². The molecule has 0 atom stereocenters. The lowest BCUT2D eigenvalue weighted by molar-refractivity contribution is -0.120. The van der Waals surface area contributed by atoms with Gasteiger partial charge in [0.05, 0.1) is 6.42 Å². The summed E-state index contributed by atoms with van der Waals surface area (Å²) < 4.78 is 0. The van der Waals surface area contributed by atoms with Crippen LogP contribution >= 0.6 is 0 Å². The number of likely N-dealkylation sites (N-methyl/N-ethyl adjacent to an activating group) is 1. The smallest absolute Gasteiger partial charge is 0.224 e. The van der Waals surface area contributed by atoms with Gasteiger partial charge in [0.2, 0.25) is 5.91 Å². The Labute approximate surface area is 133 Å². The highest BCUT2D eigenvalue weighted by atomic mass is 16.1. The van der Waals surface area contributed by atoms with E-state index >= 15 is 0 Å². The van der Waals surface area contributed by atoms with Gasteiger partial charge in [-0.05, 0) is 29.7 Å². The molecule has 0 radical (unpaired) electrons. The van der Waals surface area contributed by atoms with E-state index in [0.29, 0.717) is 13.0 Å². The Morgan fingerprint density at radius 1 is 1.00 bits per heavy atom. The second-order valence-corrected chi connectivity index (χ2v) is 5.45. The summed E-state index contributed by atoms with van der Waals surface area (Å²) >= 11 is 0. The lowest BCUT2D eigenvalue weighted by atomic mass is 10.1. The minimum Gasteiger partial charge on any atom is -0.373 e. The molecule has 0 bridgehead atoms. The summed E-state index contributed by atoms with van der Waals surface area (Å²) in [5, 5.41) is 2.98. The number of hydrogen-bond acceptors (Lipinski definition) is 2. The number of rotatable bonds is 7. The Balaban J connectivity index is 1.73. The number of carbonyl (C=O) groups is 1. The molecule has 0 aromatic heterocycles. The first kappa shape index (κ1) is 16.1. The molecule has 2 rings (SSSR count). The van der Waals surface area contributed by atoms with Crippen LogP contribution in [0, 0.1) is 0 Å². The summed E-state index contributed by atoms with van der Waals surface area (Å²) in [5.74, 6) is 0.0747. The van der Waals surface area contributed by atoms with Gasteiger partial charge in [-0.1, -0.05) is 49.4 Å². The number of aryl methyl sites for hydroxylation is 1. The largest absolute Gasteiger partial charge is 0.373 e. The molecule has 0 fully saturated rings. The van der Waals surface area contributed by atoms with Crippen LogP contribution in [-0.2, 0) is 17.6 Å². The van der Waals surface area contributed by atoms with Crippen molar-refractivity contribution in [1.82, 2.24) is 5.32 Å². The average molecular weight is 296 g/mol. The molecule has 22 heavy (non-hydrogen) atoms. The summed E-state index contributed by atoms with van der Waals surface area (Å²) in [7, 11) is 2.03. The number of nitrogens with one attached hydrogen (secondary N) is 1. The van der Waals surface area contributed by atoms with Gasteiger partial charge < -0.3 is 10.2 Å². The molecule has 3 heteroatoms. The molecule has 116 valence electrons. The second-order valence-electron chi connectivity index (χ2n) is 5.45. The Kier molecular flexibility index (Phi) is 6.01. The topological polar surface area (TPSA) is 32.3 Å². The van der Waals surface area contributed by atoms with E-state index in [9.17, 15) is 4.79 Å². The predicted octanol–water partition coefficient (Wildman–Crippen LogP) is 3.04. The van der Waals surface area contributed by atoms with Crippen LogP contribution in [0.15, 0.2) is 54.6 Å². The highest BCUT2D eigenvalue weighted by molar-refractivity contribution is 5.78. The van der Waals surface area contributed by atoms with E-state index in [1.165, 1.54) is 5.56 Å². The van der Waals surface area contributed by atoms with E-state index in [0.717, 1.165) is 24.2 Å². The molecule has 0 unspecified atom stereocenters. The highest BCUT2D eigenvalue weighted by Crippen LogP contribution is 2.10. The number of amides is 1. The van der Waals surface area contributed by atoms with Gasteiger partial charge in [0.25, 0.3) is 0 Å². The first-order valence-electron chi connectivity index (χ1n) is 7.79. The molecular formula is C19H24N2O. The summed E-state index contributed by atoms with van der Waals surface area (Å²) in [6.07, 6.45) is 1.47. The number of hydrogen-bond donors (Lipinski definition) is 1. The predicted molar refractivity (Wildman–Crippen MR) is 92.2 cm³/mol. The van der Waals surface area contributed by atoms with Crippen LogP contribution in [0.1, 0.15) is 18.1 Å². The third-order valence-electron chi connectivity index (χ3n) is 3.76. The van der Waals surface area contributed by atoms with Crippen LogP contribution in [0.2, 0.25) is 0 Å². The van der Waals surface area contributed by atoms with Crippen LogP contribution in [0.3, 0.4) is 0 Å². The third-order valence-corrected chi connectivity index (χ3v) is 3.76. The molecule has 2 aromatic rings. The van der Waals surface area contributed by atoms with Gasteiger partial charge in [0, 0.05) is 25.8 Å². The molecule has 1 amide bonds. The van der Waals surface area contributed by atoms with Gasteiger partial charge in [0.15, 0.2) is 0 Å². The molecule has 0 aliphatic carbocycles. The van der Waals surface area contributed by atoms with Crippen LogP contribution in [0.5, 0.6) is 0 Å². The molecule has 0 aliphatic heterocycles. The minimum atomic E-state index is 0.0747. The summed E-state index contributed by atoms with van der Waals surface area (Å²) in [6, 6.07) is 18.4. The van der Waals surface area contributed by atoms with Gasteiger partial charge in [-0.15, -0.1) is 0 Å². The van der Waals surface area contributed by atoms with Crippen LogP contribution in [0.25, 0.3) is 0 Å². The zero-order valence-corrected chi connectivity index (χ0v) is 13.4. The maximum absolute atomic E-state index is 12.0. The quantitative estimate of drug-likeness (QED) is 0.851. The van der Waals surface area contributed by atoms with E-state index in [-0.39, 0.29) is 5.91 Å². The van der Waals surface area contributed by atoms with Crippen molar-refractivity contribution in [3.8, 4) is 0 Å². The lowest BCUT2D eigenvalue weighted by Gasteiger charge is -2.19. The number of para-hydroxylation sites is 1. The van der Waals surface area contributed by atoms with Crippen LogP contribution < -0.4 is 10.2 Å². The normalized spacial score (nSPS) is 10.3. The van der Waals surface area contributed by atoms with Gasteiger partial charge in [0.1, 0.15) is 0 Å². The third kappa shape index (κ3) is 4.92. The van der Waals surface area contributed by atoms with Crippen LogP contribution in [-0.4, -0.2) is 26.0 Å². The van der Waals surface area contributed by atoms with Crippen molar-refractivity contribution < 1.29 is 4.79 Å². The van der Waals surface area contributed by atoms with Crippen molar-refractivity contribution in [2.45, 2.75) is 19.8 Å². The SMILES string of the molecule is CCc1ccc(CC(=O)NCCN(C)c2ccccc2)cc1. The van der Waals surface area contributed by atoms with Crippen molar-refractivity contribution in [3.05, 3.63) is 65.7 Å². The van der Waals surface area contributed by atoms with E-state index < -0.39 is 0 Å². The van der Waals surface area contributed by atoms with Crippen molar-refractivity contribution in [2.24, 2.45) is 0 Å². The Morgan fingerprint density at radius 2 is 1.64 bits per heavy atom.